The quantitative estimate of drug-likeness (QED) is 0.766. The lowest BCUT2D eigenvalue weighted by Gasteiger charge is -2.26. The SMILES string of the molecule is CN1C(=O)CCc2cc(C(Cl)c3ccccc3F)ccc21. The summed E-state index contributed by atoms with van der Waals surface area (Å²) < 4.78 is 13.8. The Balaban J connectivity index is 1.98. The van der Waals surface area contributed by atoms with Gasteiger partial charge in [-0.1, -0.05) is 30.3 Å². The number of aryl methyl sites for hydroxylation is 1. The summed E-state index contributed by atoms with van der Waals surface area (Å²) >= 11 is 6.42. The molecule has 0 aromatic heterocycles. The summed E-state index contributed by atoms with van der Waals surface area (Å²) in [5.41, 5.74) is 3.31. The van der Waals surface area contributed by atoms with Gasteiger partial charge in [0.15, 0.2) is 0 Å². The molecule has 4 heteroatoms. The van der Waals surface area contributed by atoms with E-state index in [0.29, 0.717) is 18.4 Å². The summed E-state index contributed by atoms with van der Waals surface area (Å²) in [5.74, 6) is -0.186. The molecule has 1 amide bonds. The maximum absolute atomic E-state index is 13.8. The van der Waals surface area contributed by atoms with Crippen molar-refractivity contribution in [3.8, 4) is 0 Å². The molecule has 1 aliphatic rings. The minimum absolute atomic E-state index is 0.117. The first-order valence-electron chi connectivity index (χ1n) is 6.86. The Morgan fingerprint density at radius 3 is 2.71 bits per heavy atom. The Morgan fingerprint density at radius 2 is 1.95 bits per heavy atom. The van der Waals surface area contributed by atoms with Gasteiger partial charge in [-0.15, -0.1) is 11.6 Å². The van der Waals surface area contributed by atoms with Crippen molar-refractivity contribution in [1.82, 2.24) is 0 Å². The normalized spacial score (nSPS) is 15.8. The van der Waals surface area contributed by atoms with Gasteiger partial charge in [-0.2, -0.15) is 0 Å². The molecule has 0 saturated heterocycles. The predicted molar refractivity (Wildman–Crippen MR) is 82.3 cm³/mol. The van der Waals surface area contributed by atoms with E-state index in [1.807, 2.05) is 18.2 Å². The van der Waals surface area contributed by atoms with E-state index in [1.54, 1.807) is 30.1 Å². The molecule has 2 nitrogen and oxygen atoms in total. The number of amides is 1. The third kappa shape index (κ3) is 2.54. The van der Waals surface area contributed by atoms with Gasteiger partial charge in [0.05, 0.1) is 5.38 Å². The summed E-state index contributed by atoms with van der Waals surface area (Å²) in [4.78, 5) is 13.4. The van der Waals surface area contributed by atoms with Crippen LogP contribution in [0.15, 0.2) is 42.5 Å². The number of rotatable bonds is 2. The van der Waals surface area contributed by atoms with Crippen molar-refractivity contribution in [3.05, 3.63) is 65.0 Å². The van der Waals surface area contributed by atoms with Gasteiger partial charge in [0.1, 0.15) is 5.82 Å². The van der Waals surface area contributed by atoms with Crippen LogP contribution in [0.3, 0.4) is 0 Å². The van der Waals surface area contributed by atoms with Crippen molar-refractivity contribution in [2.75, 3.05) is 11.9 Å². The summed E-state index contributed by atoms with van der Waals surface area (Å²) in [7, 11) is 1.77. The number of carbonyl (C=O) groups is 1. The van der Waals surface area contributed by atoms with Crippen molar-refractivity contribution in [1.29, 1.82) is 0 Å². The maximum atomic E-state index is 13.8. The van der Waals surface area contributed by atoms with Crippen molar-refractivity contribution in [2.24, 2.45) is 0 Å². The molecule has 0 spiro atoms. The lowest BCUT2D eigenvalue weighted by molar-refractivity contribution is -0.118. The molecule has 1 atom stereocenters. The lowest BCUT2D eigenvalue weighted by Crippen LogP contribution is -2.31. The van der Waals surface area contributed by atoms with Crippen LogP contribution in [-0.2, 0) is 11.2 Å². The number of nitrogens with zero attached hydrogens (tertiary/aromatic N) is 1. The molecule has 0 saturated carbocycles. The molecule has 3 rings (SSSR count). The minimum atomic E-state index is -0.528. The standard InChI is InChI=1S/C17H15ClFNO/c1-20-15-8-6-12(10-11(15)7-9-16(20)21)17(18)13-4-2-3-5-14(13)19/h2-6,8,10,17H,7,9H2,1H3. The average molecular weight is 304 g/mol. The zero-order valence-electron chi connectivity index (χ0n) is 11.6. The largest absolute Gasteiger partial charge is 0.315 e. The summed E-state index contributed by atoms with van der Waals surface area (Å²) in [6.45, 7) is 0. The highest BCUT2D eigenvalue weighted by Gasteiger charge is 2.23. The zero-order valence-corrected chi connectivity index (χ0v) is 12.4. The number of fused-ring (bicyclic) bond motifs is 1. The van der Waals surface area contributed by atoms with E-state index in [1.165, 1.54) is 6.07 Å². The number of anilines is 1. The fraction of sp³-hybridized carbons (Fsp3) is 0.235. The number of benzene rings is 2. The van der Waals surface area contributed by atoms with Crippen molar-refractivity contribution >= 4 is 23.2 Å². The molecule has 2 aromatic carbocycles. The van der Waals surface area contributed by atoms with Gasteiger partial charge in [0, 0.05) is 24.7 Å². The Labute approximate surface area is 128 Å². The number of hydrogen-bond acceptors (Lipinski definition) is 1. The highest BCUT2D eigenvalue weighted by atomic mass is 35.5. The lowest BCUT2D eigenvalue weighted by atomic mass is 9.96. The zero-order chi connectivity index (χ0) is 15.0. The van der Waals surface area contributed by atoms with Crippen molar-refractivity contribution in [2.45, 2.75) is 18.2 Å². The molecule has 21 heavy (non-hydrogen) atoms. The first-order chi connectivity index (χ1) is 10.1. The topological polar surface area (TPSA) is 20.3 Å². The van der Waals surface area contributed by atoms with E-state index < -0.39 is 5.38 Å². The molecule has 1 aliphatic heterocycles. The van der Waals surface area contributed by atoms with E-state index in [2.05, 4.69) is 0 Å². The molecule has 0 N–H and O–H groups in total. The predicted octanol–water partition coefficient (Wildman–Crippen LogP) is 4.06. The molecule has 0 bridgehead atoms. The summed E-state index contributed by atoms with van der Waals surface area (Å²) in [6, 6.07) is 12.3. The van der Waals surface area contributed by atoms with Crippen LogP contribution in [-0.4, -0.2) is 13.0 Å². The Bertz CT molecular complexity index is 701. The summed E-state index contributed by atoms with van der Waals surface area (Å²) in [6.07, 6.45) is 1.20. The first kappa shape index (κ1) is 14.1. The molecular formula is C17H15ClFNO. The average Bonchev–Trinajstić information content (AvgIpc) is 2.50. The van der Waals surface area contributed by atoms with E-state index >= 15 is 0 Å². The number of carbonyl (C=O) groups excluding carboxylic acids is 1. The fourth-order valence-corrected chi connectivity index (χ4v) is 3.01. The van der Waals surface area contributed by atoms with Crippen LogP contribution in [0.5, 0.6) is 0 Å². The van der Waals surface area contributed by atoms with E-state index in [4.69, 9.17) is 11.6 Å². The monoisotopic (exact) mass is 303 g/mol. The molecule has 1 unspecified atom stereocenters. The van der Waals surface area contributed by atoms with E-state index in [0.717, 1.165) is 16.8 Å². The van der Waals surface area contributed by atoms with E-state index in [9.17, 15) is 9.18 Å². The van der Waals surface area contributed by atoms with Gasteiger partial charge >= 0.3 is 0 Å². The third-order valence-corrected chi connectivity index (χ3v) is 4.41. The van der Waals surface area contributed by atoms with Gasteiger partial charge in [-0.3, -0.25) is 4.79 Å². The molecule has 1 heterocycles. The number of hydrogen-bond donors (Lipinski definition) is 0. The molecule has 2 aromatic rings. The van der Waals surface area contributed by atoms with Crippen LogP contribution in [0.4, 0.5) is 10.1 Å². The smallest absolute Gasteiger partial charge is 0.227 e. The van der Waals surface area contributed by atoms with Gasteiger partial charge < -0.3 is 4.90 Å². The Kier molecular flexibility index (Phi) is 3.68. The van der Waals surface area contributed by atoms with Gasteiger partial charge in [-0.25, -0.2) is 4.39 Å². The van der Waals surface area contributed by atoms with Crippen LogP contribution >= 0.6 is 11.6 Å². The fourth-order valence-electron chi connectivity index (χ4n) is 2.69. The molecular weight excluding hydrogens is 289 g/mol. The first-order valence-corrected chi connectivity index (χ1v) is 7.29. The second-order valence-electron chi connectivity index (χ2n) is 5.22. The van der Waals surface area contributed by atoms with E-state index in [-0.39, 0.29) is 11.7 Å². The molecule has 0 fully saturated rings. The Morgan fingerprint density at radius 1 is 1.19 bits per heavy atom. The molecule has 0 aliphatic carbocycles. The highest BCUT2D eigenvalue weighted by Crippen LogP contribution is 2.35. The Hall–Kier alpha value is -1.87. The van der Waals surface area contributed by atoms with Crippen LogP contribution in [0.1, 0.15) is 28.5 Å². The van der Waals surface area contributed by atoms with Gasteiger partial charge in [-0.05, 0) is 29.7 Å². The molecule has 108 valence electrons. The van der Waals surface area contributed by atoms with Gasteiger partial charge in [0.2, 0.25) is 5.91 Å². The summed E-state index contributed by atoms with van der Waals surface area (Å²) in [5, 5.41) is -0.528. The molecule has 0 radical (unpaired) electrons. The van der Waals surface area contributed by atoms with Crippen molar-refractivity contribution < 1.29 is 9.18 Å². The maximum Gasteiger partial charge on any atom is 0.227 e. The number of alkyl halides is 1. The third-order valence-electron chi connectivity index (χ3n) is 3.92. The van der Waals surface area contributed by atoms with Crippen molar-refractivity contribution in [3.63, 3.8) is 0 Å². The van der Waals surface area contributed by atoms with Crippen LogP contribution < -0.4 is 4.90 Å². The van der Waals surface area contributed by atoms with Gasteiger partial charge in [0.25, 0.3) is 0 Å². The van der Waals surface area contributed by atoms with Crippen LogP contribution in [0, 0.1) is 5.82 Å². The second kappa shape index (κ2) is 5.49. The highest BCUT2D eigenvalue weighted by molar-refractivity contribution is 6.22. The minimum Gasteiger partial charge on any atom is -0.315 e. The second-order valence-corrected chi connectivity index (χ2v) is 5.66. The van der Waals surface area contributed by atoms with Crippen LogP contribution in [0.25, 0.3) is 0 Å². The van der Waals surface area contributed by atoms with Crippen LogP contribution in [0.2, 0.25) is 0 Å². The number of halogens is 2.